The van der Waals surface area contributed by atoms with Crippen molar-refractivity contribution in [1.29, 1.82) is 0 Å². The number of fused-ring (bicyclic) bond motifs is 1. The number of ether oxygens (including phenoxy) is 1. The van der Waals surface area contributed by atoms with E-state index in [0.717, 1.165) is 24.1 Å². The fourth-order valence-electron chi connectivity index (χ4n) is 3.16. The highest BCUT2D eigenvalue weighted by Gasteiger charge is 2.43. The van der Waals surface area contributed by atoms with Gasteiger partial charge in [0.2, 0.25) is 15.8 Å². The number of hydrogen-bond acceptors (Lipinski definition) is 5. The van der Waals surface area contributed by atoms with E-state index in [1.807, 2.05) is 0 Å². The molecule has 0 radical (unpaired) electrons. The fraction of sp³-hybridized carbons (Fsp3) is 0.500. The molecule has 0 aromatic carbocycles. The zero-order chi connectivity index (χ0) is 17.8. The summed E-state index contributed by atoms with van der Waals surface area (Å²) in [5.74, 6) is 0.00546. The largest absolute Gasteiger partial charge is 0.378 e. The van der Waals surface area contributed by atoms with E-state index in [-0.39, 0.29) is 22.0 Å². The molecule has 1 aliphatic heterocycles. The average molecular weight is 364 g/mol. The summed E-state index contributed by atoms with van der Waals surface area (Å²) in [6.45, 7) is 4.07. The minimum atomic E-state index is -3.87. The van der Waals surface area contributed by atoms with Crippen molar-refractivity contribution in [2.45, 2.75) is 30.1 Å². The minimum Gasteiger partial charge on any atom is -0.378 e. The molecular weight excluding hydrogens is 344 g/mol. The van der Waals surface area contributed by atoms with Gasteiger partial charge in [-0.05, 0) is 25.0 Å². The Morgan fingerprint density at radius 3 is 2.56 bits per heavy atom. The molecule has 1 saturated heterocycles. The van der Waals surface area contributed by atoms with Gasteiger partial charge < -0.3 is 9.64 Å². The van der Waals surface area contributed by atoms with Crippen LogP contribution in [0.1, 0.15) is 36.1 Å². The second-order valence-corrected chi connectivity index (χ2v) is 8.48. The normalized spacial score (nSPS) is 20.0. The van der Waals surface area contributed by atoms with Crippen LogP contribution >= 0.6 is 0 Å². The molecule has 3 heterocycles. The molecule has 25 heavy (non-hydrogen) atoms. The number of rotatable bonds is 3. The SMILES string of the molecule is CC1(c2nc(C(=O)N3CCOCC3)n3cc(S(N)(=O)=O)ccc23)CC1. The number of sulfonamides is 1. The molecule has 0 bridgehead atoms. The lowest BCUT2D eigenvalue weighted by Gasteiger charge is -2.26. The zero-order valence-corrected chi connectivity index (χ0v) is 14.8. The molecule has 0 spiro atoms. The van der Waals surface area contributed by atoms with Crippen LogP contribution in [0.15, 0.2) is 23.2 Å². The van der Waals surface area contributed by atoms with Crippen molar-refractivity contribution < 1.29 is 17.9 Å². The van der Waals surface area contributed by atoms with Crippen molar-refractivity contribution in [3.05, 3.63) is 29.8 Å². The van der Waals surface area contributed by atoms with Gasteiger partial charge in [0.15, 0.2) is 0 Å². The molecule has 2 aromatic rings. The predicted molar refractivity (Wildman–Crippen MR) is 89.9 cm³/mol. The Morgan fingerprint density at radius 2 is 1.96 bits per heavy atom. The number of pyridine rings is 1. The van der Waals surface area contributed by atoms with Crippen LogP contribution in [0.25, 0.3) is 5.52 Å². The Hall–Kier alpha value is -1.97. The van der Waals surface area contributed by atoms with Gasteiger partial charge in [-0.3, -0.25) is 9.20 Å². The summed E-state index contributed by atoms with van der Waals surface area (Å²) in [6.07, 6.45) is 3.39. The summed E-state index contributed by atoms with van der Waals surface area (Å²) in [6, 6.07) is 3.15. The Kier molecular flexibility index (Phi) is 3.64. The first-order valence-corrected chi connectivity index (χ1v) is 9.77. The highest BCUT2D eigenvalue weighted by Crippen LogP contribution is 2.48. The Labute approximate surface area is 145 Å². The number of aromatic nitrogens is 2. The van der Waals surface area contributed by atoms with Gasteiger partial charge in [-0.1, -0.05) is 6.92 Å². The second-order valence-electron chi connectivity index (χ2n) is 6.91. The lowest BCUT2D eigenvalue weighted by Crippen LogP contribution is -2.41. The zero-order valence-electron chi connectivity index (χ0n) is 13.9. The van der Waals surface area contributed by atoms with Gasteiger partial charge in [0, 0.05) is 24.7 Å². The lowest BCUT2D eigenvalue weighted by atomic mass is 10.0. The maximum absolute atomic E-state index is 12.9. The summed E-state index contributed by atoms with van der Waals surface area (Å²) in [5.41, 5.74) is 1.53. The summed E-state index contributed by atoms with van der Waals surface area (Å²) < 4.78 is 30.3. The predicted octanol–water partition coefficient (Wildman–Crippen LogP) is 0.506. The van der Waals surface area contributed by atoms with Crippen LogP contribution in [0.4, 0.5) is 0 Å². The van der Waals surface area contributed by atoms with Crippen LogP contribution in [0.2, 0.25) is 0 Å². The number of amides is 1. The highest BCUT2D eigenvalue weighted by molar-refractivity contribution is 7.89. The lowest BCUT2D eigenvalue weighted by molar-refractivity contribution is 0.0294. The Bertz CT molecular complexity index is 956. The third-order valence-corrected chi connectivity index (χ3v) is 5.90. The van der Waals surface area contributed by atoms with Crippen LogP contribution < -0.4 is 5.14 Å². The molecule has 9 heteroatoms. The monoisotopic (exact) mass is 364 g/mol. The summed E-state index contributed by atoms with van der Waals surface area (Å²) in [7, 11) is -3.87. The molecule has 2 aliphatic rings. The van der Waals surface area contributed by atoms with E-state index in [1.165, 1.54) is 12.3 Å². The molecule has 134 valence electrons. The summed E-state index contributed by atoms with van der Waals surface area (Å²) in [5, 5.41) is 5.25. The molecule has 8 nitrogen and oxygen atoms in total. The molecule has 2 N–H and O–H groups in total. The van der Waals surface area contributed by atoms with Gasteiger partial charge >= 0.3 is 0 Å². The number of imidazole rings is 1. The number of hydrogen-bond donors (Lipinski definition) is 1. The topological polar surface area (TPSA) is 107 Å². The third-order valence-electron chi connectivity index (χ3n) is 5.00. The van der Waals surface area contributed by atoms with E-state index >= 15 is 0 Å². The van der Waals surface area contributed by atoms with Gasteiger partial charge in [-0.25, -0.2) is 18.5 Å². The Morgan fingerprint density at radius 1 is 1.28 bits per heavy atom. The maximum Gasteiger partial charge on any atom is 0.290 e. The van der Waals surface area contributed by atoms with Crippen LogP contribution in [-0.2, 0) is 20.2 Å². The molecule has 1 saturated carbocycles. The highest BCUT2D eigenvalue weighted by atomic mass is 32.2. The van der Waals surface area contributed by atoms with Crippen molar-refractivity contribution >= 4 is 21.4 Å². The van der Waals surface area contributed by atoms with Crippen LogP contribution in [-0.4, -0.2) is 54.9 Å². The average Bonchev–Trinajstić information content (AvgIpc) is 3.21. The van der Waals surface area contributed by atoms with E-state index in [1.54, 1.807) is 15.4 Å². The molecule has 1 aliphatic carbocycles. The first-order chi connectivity index (χ1) is 11.8. The van der Waals surface area contributed by atoms with Crippen molar-refractivity contribution in [3.63, 3.8) is 0 Å². The summed E-state index contributed by atoms with van der Waals surface area (Å²) >= 11 is 0. The second kappa shape index (κ2) is 5.52. The third kappa shape index (κ3) is 2.82. The van der Waals surface area contributed by atoms with Gasteiger partial charge in [-0.2, -0.15) is 0 Å². The first-order valence-electron chi connectivity index (χ1n) is 8.22. The van der Waals surface area contributed by atoms with Crippen molar-refractivity contribution in [1.82, 2.24) is 14.3 Å². The number of morpholine rings is 1. The van der Waals surface area contributed by atoms with E-state index in [9.17, 15) is 13.2 Å². The van der Waals surface area contributed by atoms with E-state index in [2.05, 4.69) is 11.9 Å². The molecule has 0 unspecified atom stereocenters. The first kappa shape index (κ1) is 16.5. The van der Waals surface area contributed by atoms with Crippen LogP contribution in [0, 0.1) is 0 Å². The van der Waals surface area contributed by atoms with Crippen LogP contribution in [0.5, 0.6) is 0 Å². The van der Waals surface area contributed by atoms with Crippen molar-refractivity contribution in [2.24, 2.45) is 5.14 Å². The van der Waals surface area contributed by atoms with Crippen molar-refractivity contribution in [2.75, 3.05) is 26.3 Å². The van der Waals surface area contributed by atoms with E-state index in [4.69, 9.17) is 9.88 Å². The smallest absolute Gasteiger partial charge is 0.290 e. The van der Waals surface area contributed by atoms with E-state index < -0.39 is 10.0 Å². The number of carbonyl (C=O) groups is 1. The molecule has 1 amide bonds. The van der Waals surface area contributed by atoms with Gasteiger partial charge in [-0.15, -0.1) is 0 Å². The molecule has 2 fully saturated rings. The van der Waals surface area contributed by atoms with Gasteiger partial charge in [0.05, 0.1) is 29.3 Å². The van der Waals surface area contributed by atoms with E-state index in [0.29, 0.717) is 26.3 Å². The number of nitrogens with two attached hydrogens (primary N) is 1. The molecular formula is C16H20N4O4S. The van der Waals surface area contributed by atoms with Gasteiger partial charge in [0.25, 0.3) is 5.91 Å². The number of carbonyl (C=O) groups excluding carboxylic acids is 1. The van der Waals surface area contributed by atoms with Crippen molar-refractivity contribution in [3.8, 4) is 0 Å². The fourth-order valence-corrected chi connectivity index (χ4v) is 3.67. The molecule has 2 aromatic heterocycles. The van der Waals surface area contributed by atoms with Crippen LogP contribution in [0.3, 0.4) is 0 Å². The van der Waals surface area contributed by atoms with Gasteiger partial charge in [0.1, 0.15) is 0 Å². The number of nitrogens with zero attached hydrogens (tertiary/aromatic N) is 3. The molecule has 4 rings (SSSR count). The Balaban J connectivity index is 1.88. The summed E-state index contributed by atoms with van der Waals surface area (Å²) in [4.78, 5) is 19.2. The maximum atomic E-state index is 12.9. The minimum absolute atomic E-state index is 0.0408. The molecule has 0 atom stereocenters. The number of primary sulfonamides is 1. The standard InChI is InChI=1S/C16H20N4O4S/c1-16(4-5-16)13-12-3-2-11(25(17,22)23)10-20(12)14(18-13)15(21)19-6-8-24-9-7-19/h2-3,10H,4-9H2,1H3,(H2,17,22,23). The quantitative estimate of drug-likeness (QED) is 0.854.